The van der Waals surface area contributed by atoms with E-state index in [4.69, 9.17) is 0 Å². The first-order valence-corrected chi connectivity index (χ1v) is 6.65. The van der Waals surface area contributed by atoms with Crippen LogP contribution in [-0.4, -0.2) is 61.9 Å². The third-order valence-corrected chi connectivity index (χ3v) is 4.35. The number of likely N-dealkylation sites (tertiary alicyclic amines) is 1. The quantitative estimate of drug-likeness (QED) is 0.553. The third-order valence-electron chi connectivity index (χ3n) is 2.74. The molecule has 5 nitrogen and oxygen atoms in total. The van der Waals surface area contributed by atoms with E-state index in [0.717, 1.165) is 19.5 Å². The van der Waals surface area contributed by atoms with Gasteiger partial charge in [0.2, 0.25) is 0 Å². The fourth-order valence-corrected chi connectivity index (χ4v) is 2.81. The van der Waals surface area contributed by atoms with E-state index < -0.39 is 9.84 Å². The number of hydrogen-bond acceptors (Lipinski definition) is 3. The second-order valence-corrected chi connectivity index (χ2v) is 6.07. The van der Waals surface area contributed by atoms with Crippen LogP contribution in [-0.2, 0) is 9.84 Å². The molecule has 2 fully saturated rings. The van der Waals surface area contributed by atoms with Crippen molar-refractivity contribution in [2.45, 2.75) is 6.42 Å². The van der Waals surface area contributed by atoms with Gasteiger partial charge in [-0.15, -0.1) is 0 Å². The molecule has 0 aromatic rings. The zero-order chi connectivity index (χ0) is 10.2. The fraction of sp³-hybridized carbons (Fsp3) is 0.875. The Hall–Kier alpha value is -0.780. The van der Waals surface area contributed by atoms with Crippen molar-refractivity contribution in [1.29, 1.82) is 0 Å². The maximum absolute atomic E-state index is 11.6. The van der Waals surface area contributed by atoms with Crippen molar-refractivity contribution >= 4 is 15.9 Å². The molecule has 0 aromatic heterocycles. The van der Waals surface area contributed by atoms with E-state index in [1.807, 2.05) is 0 Å². The topological polar surface area (TPSA) is 57.7 Å². The average molecular weight is 218 g/mol. The molecule has 2 heterocycles. The Morgan fingerprint density at radius 1 is 0.929 bits per heavy atom. The van der Waals surface area contributed by atoms with Gasteiger partial charge in [0.15, 0.2) is 9.84 Å². The molecule has 0 aliphatic carbocycles. The summed E-state index contributed by atoms with van der Waals surface area (Å²) in [5, 5.41) is 0. The van der Waals surface area contributed by atoms with Gasteiger partial charge in [0.05, 0.1) is 11.5 Å². The van der Waals surface area contributed by atoms with E-state index in [-0.39, 0.29) is 17.5 Å². The predicted octanol–water partition coefficient (Wildman–Crippen LogP) is -0.457. The minimum absolute atomic E-state index is 0.00569. The van der Waals surface area contributed by atoms with Crippen molar-refractivity contribution in [2.24, 2.45) is 0 Å². The van der Waals surface area contributed by atoms with Crippen LogP contribution in [0.25, 0.3) is 0 Å². The van der Waals surface area contributed by atoms with Crippen LogP contribution in [0.3, 0.4) is 0 Å². The fourth-order valence-electron chi connectivity index (χ4n) is 1.61. The molecule has 0 radical (unpaired) electrons. The molecule has 6 heteroatoms. The summed E-state index contributed by atoms with van der Waals surface area (Å²) in [6.45, 7) is 2.36. The summed E-state index contributed by atoms with van der Waals surface area (Å²) in [4.78, 5) is 15.0. The summed E-state index contributed by atoms with van der Waals surface area (Å²) in [6.07, 6.45) is 1.07. The van der Waals surface area contributed by atoms with Crippen molar-refractivity contribution in [3.05, 3.63) is 0 Å². The second-order valence-electron chi connectivity index (χ2n) is 3.76. The lowest BCUT2D eigenvalue weighted by Gasteiger charge is -2.37. The van der Waals surface area contributed by atoms with E-state index >= 15 is 0 Å². The van der Waals surface area contributed by atoms with E-state index in [0.29, 0.717) is 13.1 Å². The lowest BCUT2D eigenvalue weighted by molar-refractivity contribution is 0.130. The number of hydrogen-bond donors (Lipinski definition) is 0. The van der Waals surface area contributed by atoms with Gasteiger partial charge in [0.1, 0.15) is 0 Å². The van der Waals surface area contributed by atoms with E-state index in [1.165, 1.54) is 0 Å². The molecule has 2 amide bonds. The molecule has 2 aliphatic rings. The van der Waals surface area contributed by atoms with Gasteiger partial charge in [-0.2, -0.15) is 0 Å². The Kier molecular flexibility index (Phi) is 2.38. The largest absolute Gasteiger partial charge is 0.325 e. The predicted molar refractivity (Wildman–Crippen MR) is 51.8 cm³/mol. The minimum Gasteiger partial charge on any atom is -0.325 e. The number of urea groups is 1. The number of rotatable bonds is 0. The van der Waals surface area contributed by atoms with E-state index in [2.05, 4.69) is 0 Å². The molecule has 0 atom stereocenters. The molecule has 2 saturated heterocycles. The van der Waals surface area contributed by atoms with Gasteiger partial charge in [0.25, 0.3) is 0 Å². The zero-order valence-electron chi connectivity index (χ0n) is 7.98. The molecule has 0 bridgehead atoms. The Labute approximate surface area is 83.6 Å². The summed E-state index contributed by atoms with van der Waals surface area (Å²) in [7, 11) is -2.88. The zero-order valence-corrected chi connectivity index (χ0v) is 8.79. The molecule has 2 rings (SSSR count). The number of carbonyl (C=O) groups is 1. The van der Waals surface area contributed by atoms with Gasteiger partial charge in [0, 0.05) is 26.2 Å². The summed E-state index contributed by atoms with van der Waals surface area (Å²) >= 11 is 0. The lowest BCUT2D eigenvalue weighted by Crippen LogP contribution is -2.53. The number of amides is 2. The second kappa shape index (κ2) is 3.42. The summed E-state index contributed by atoms with van der Waals surface area (Å²) in [6, 6.07) is 0.00569. The van der Waals surface area contributed by atoms with Crippen LogP contribution in [0.2, 0.25) is 0 Å². The molecule has 0 spiro atoms. The molecule has 0 saturated carbocycles. The monoisotopic (exact) mass is 218 g/mol. The third kappa shape index (κ3) is 1.84. The van der Waals surface area contributed by atoms with Crippen LogP contribution >= 0.6 is 0 Å². The Balaban J connectivity index is 1.91. The van der Waals surface area contributed by atoms with Gasteiger partial charge in [-0.3, -0.25) is 0 Å². The molecule has 14 heavy (non-hydrogen) atoms. The highest BCUT2D eigenvalue weighted by atomic mass is 32.2. The molecular formula is C8H14N2O3S. The van der Waals surface area contributed by atoms with Crippen LogP contribution in [0.15, 0.2) is 0 Å². The van der Waals surface area contributed by atoms with Crippen molar-refractivity contribution < 1.29 is 13.2 Å². The Morgan fingerprint density at radius 3 is 1.86 bits per heavy atom. The highest BCUT2D eigenvalue weighted by Crippen LogP contribution is 2.12. The SMILES string of the molecule is O=C(N1CCC1)N1CCS(=O)(=O)CC1. The van der Waals surface area contributed by atoms with Crippen molar-refractivity contribution in [3.63, 3.8) is 0 Å². The molecule has 0 N–H and O–H groups in total. The highest BCUT2D eigenvalue weighted by molar-refractivity contribution is 7.91. The minimum atomic E-state index is -2.88. The summed E-state index contributed by atoms with van der Waals surface area (Å²) in [5.41, 5.74) is 0. The summed E-state index contributed by atoms with van der Waals surface area (Å²) < 4.78 is 22.2. The molecule has 0 unspecified atom stereocenters. The first kappa shape index (κ1) is 9.76. The number of nitrogens with zero attached hydrogens (tertiary/aromatic N) is 2. The van der Waals surface area contributed by atoms with Gasteiger partial charge in [-0.25, -0.2) is 13.2 Å². The first-order valence-electron chi connectivity index (χ1n) is 4.83. The van der Waals surface area contributed by atoms with Crippen molar-refractivity contribution in [1.82, 2.24) is 9.80 Å². The lowest BCUT2D eigenvalue weighted by atomic mass is 10.2. The molecule has 80 valence electrons. The van der Waals surface area contributed by atoms with Gasteiger partial charge >= 0.3 is 6.03 Å². The summed E-state index contributed by atoms with van der Waals surface area (Å²) in [5.74, 6) is 0.235. The maximum atomic E-state index is 11.6. The van der Waals surface area contributed by atoms with Crippen LogP contribution in [0.5, 0.6) is 0 Å². The smallest absolute Gasteiger partial charge is 0.320 e. The highest BCUT2D eigenvalue weighted by Gasteiger charge is 2.30. The van der Waals surface area contributed by atoms with Crippen LogP contribution < -0.4 is 0 Å². The van der Waals surface area contributed by atoms with E-state index in [1.54, 1.807) is 9.80 Å². The van der Waals surface area contributed by atoms with Crippen LogP contribution in [0, 0.1) is 0 Å². The van der Waals surface area contributed by atoms with Crippen molar-refractivity contribution in [3.8, 4) is 0 Å². The standard InChI is InChI=1S/C8H14N2O3S/c11-8(9-2-1-3-9)10-4-6-14(12,13)7-5-10/h1-7H2. The average Bonchev–Trinajstić information content (AvgIpc) is 2.00. The molecule has 2 aliphatic heterocycles. The molecule has 0 aromatic carbocycles. The Morgan fingerprint density at radius 2 is 1.43 bits per heavy atom. The van der Waals surface area contributed by atoms with Crippen LogP contribution in [0.4, 0.5) is 4.79 Å². The Bertz CT molecular complexity index is 320. The first-order chi connectivity index (χ1) is 6.58. The van der Waals surface area contributed by atoms with Gasteiger partial charge in [-0.05, 0) is 6.42 Å². The van der Waals surface area contributed by atoms with Gasteiger partial charge < -0.3 is 9.80 Å². The molecular weight excluding hydrogens is 204 g/mol. The van der Waals surface area contributed by atoms with Gasteiger partial charge in [-0.1, -0.05) is 0 Å². The van der Waals surface area contributed by atoms with E-state index in [9.17, 15) is 13.2 Å². The number of sulfone groups is 1. The van der Waals surface area contributed by atoms with Crippen molar-refractivity contribution in [2.75, 3.05) is 37.7 Å². The number of carbonyl (C=O) groups excluding carboxylic acids is 1. The van der Waals surface area contributed by atoms with Crippen LogP contribution in [0.1, 0.15) is 6.42 Å². The normalized spacial score (nSPS) is 25.7. The maximum Gasteiger partial charge on any atom is 0.320 e.